The van der Waals surface area contributed by atoms with Gasteiger partial charge in [0.1, 0.15) is 5.82 Å². The summed E-state index contributed by atoms with van der Waals surface area (Å²) in [4.78, 5) is 26.4. The molecular weight excluding hydrogens is 328 g/mol. The zero-order chi connectivity index (χ0) is 18.1. The van der Waals surface area contributed by atoms with E-state index in [0.717, 1.165) is 53.8 Å². The number of ether oxygens (including phenoxy) is 1. The number of H-pyrrole nitrogens is 1. The number of pyridine rings is 1. The van der Waals surface area contributed by atoms with Crippen LogP contribution in [0.4, 0.5) is 0 Å². The minimum absolute atomic E-state index is 0.00871. The van der Waals surface area contributed by atoms with Crippen LogP contribution in [-0.2, 0) is 4.79 Å². The summed E-state index contributed by atoms with van der Waals surface area (Å²) in [5, 5.41) is 1.04. The lowest BCUT2D eigenvalue weighted by atomic mass is 10.0. The van der Waals surface area contributed by atoms with E-state index in [1.54, 1.807) is 20.2 Å². The van der Waals surface area contributed by atoms with Gasteiger partial charge < -0.3 is 14.6 Å². The predicted molar refractivity (Wildman–Crippen MR) is 99.9 cm³/mol. The maximum absolute atomic E-state index is 12.0. The maximum atomic E-state index is 12.0. The summed E-state index contributed by atoms with van der Waals surface area (Å²) in [6.45, 7) is 2.41. The van der Waals surface area contributed by atoms with Crippen LogP contribution in [0, 0.1) is 0 Å². The van der Waals surface area contributed by atoms with Gasteiger partial charge in [-0.25, -0.2) is 9.97 Å². The molecule has 6 heteroatoms. The first-order chi connectivity index (χ1) is 12.7. The van der Waals surface area contributed by atoms with Crippen LogP contribution in [0.1, 0.15) is 38.1 Å². The number of nitrogens with one attached hydrogen (secondary N) is 1. The third-order valence-electron chi connectivity index (χ3n) is 4.99. The molecule has 26 heavy (non-hydrogen) atoms. The van der Waals surface area contributed by atoms with Crippen LogP contribution in [0.25, 0.3) is 22.2 Å². The Kier molecular flexibility index (Phi) is 4.32. The first-order valence-corrected chi connectivity index (χ1v) is 8.93. The molecule has 134 valence electrons. The summed E-state index contributed by atoms with van der Waals surface area (Å²) in [5.74, 6) is 1.48. The smallest absolute Gasteiger partial charge is 0.223 e. The molecule has 1 N–H and O–H groups in total. The second-order valence-corrected chi connectivity index (χ2v) is 6.64. The van der Waals surface area contributed by atoms with Crippen molar-refractivity contribution in [3.05, 3.63) is 42.4 Å². The summed E-state index contributed by atoms with van der Waals surface area (Å²) in [5.41, 5.74) is 2.61. The van der Waals surface area contributed by atoms with Gasteiger partial charge in [0.05, 0.1) is 36.1 Å². The van der Waals surface area contributed by atoms with Crippen molar-refractivity contribution in [2.24, 2.45) is 0 Å². The fourth-order valence-corrected chi connectivity index (χ4v) is 3.68. The highest BCUT2D eigenvalue weighted by molar-refractivity contribution is 5.85. The van der Waals surface area contributed by atoms with Gasteiger partial charge in [0, 0.05) is 18.9 Å². The minimum Gasteiger partial charge on any atom is -0.480 e. The predicted octanol–water partition coefficient (Wildman–Crippen LogP) is 3.71. The lowest BCUT2D eigenvalue weighted by Gasteiger charge is -2.33. The number of piperidine rings is 1. The van der Waals surface area contributed by atoms with Gasteiger partial charge in [0.25, 0.3) is 0 Å². The van der Waals surface area contributed by atoms with Crippen LogP contribution < -0.4 is 4.74 Å². The lowest BCUT2D eigenvalue weighted by Crippen LogP contribution is -2.37. The van der Waals surface area contributed by atoms with Crippen LogP contribution in [0.15, 0.2) is 36.5 Å². The van der Waals surface area contributed by atoms with E-state index in [1.165, 1.54) is 0 Å². The Balaban J connectivity index is 1.74. The van der Waals surface area contributed by atoms with Crippen molar-refractivity contribution in [3.8, 4) is 17.1 Å². The number of rotatable bonds is 3. The summed E-state index contributed by atoms with van der Waals surface area (Å²) in [6.07, 6.45) is 4.88. The first-order valence-electron chi connectivity index (χ1n) is 8.93. The first kappa shape index (κ1) is 16.6. The summed E-state index contributed by atoms with van der Waals surface area (Å²) in [6, 6.07) is 10.0. The molecule has 2 aromatic heterocycles. The number of fused-ring (bicyclic) bond motifs is 1. The largest absolute Gasteiger partial charge is 0.480 e. The van der Waals surface area contributed by atoms with Crippen LogP contribution in [-0.4, -0.2) is 39.4 Å². The van der Waals surface area contributed by atoms with Crippen molar-refractivity contribution in [1.29, 1.82) is 0 Å². The van der Waals surface area contributed by atoms with Crippen LogP contribution >= 0.6 is 0 Å². The molecule has 0 aliphatic carbocycles. The standard InChI is InChI=1S/C20H22N4O2/c1-13(25)24-10-6-5-9-18(24)19-21-12-17(22-19)15-11-14-7-3-4-8-16(14)23-20(15)26-2/h3-4,7-8,11-12,18H,5-6,9-10H2,1-2H3,(H,21,22). The van der Waals surface area contributed by atoms with Crippen LogP contribution in [0.3, 0.4) is 0 Å². The number of likely N-dealkylation sites (tertiary alicyclic amines) is 1. The minimum atomic E-state index is 0.00871. The number of benzene rings is 1. The molecule has 1 fully saturated rings. The number of aromatic nitrogens is 3. The molecule has 1 unspecified atom stereocenters. The number of nitrogens with zero attached hydrogens (tertiary/aromatic N) is 3. The van der Waals surface area contributed by atoms with Crippen molar-refractivity contribution in [1.82, 2.24) is 19.9 Å². The Bertz CT molecular complexity index is 950. The second kappa shape index (κ2) is 6.78. The number of amides is 1. The van der Waals surface area contributed by atoms with Crippen LogP contribution in [0.2, 0.25) is 0 Å². The van der Waals surface area contributed by atoms with Gasteiger partial charge in [-0.3, -0.25) is 4.79 Å². The number of aromatic amines is 1. The second-order valence-electron chi connectivity index (χ2n) is 6.64. The summed E-state index contributed by atoms with van der Waals surface area (Å²) < 4.78 is 5.50. The number of hydrogen-bond acceptors (Lipinski definition) is 4. The van der Waals surface area contributed by atoms with E-state index in [2.05, 4.69) is 21.0 Å². The van der Waals surface area contributed by atoms with E-state index in [-0.39, 0.29) is 11.9 Å². The third kappa shape index (κ3) is 2.92. The highest BCUT2D eigenvalue weighted by Gasteiger charge is 2.28. The Morgan fingerprint density at radius 1 is 1.31 bits per heavy atom. The van der Waals surface area contributed by atoms with Crippen molar-refractivity contribution in [2.45, 2.75) is 32.2 Å². The zero-order valence-electron chi connectivity index (χ0n) is 15.0. The Morgan fingerprint density at radius 3 is 2.96 bits per heavy atom. The fourth-order valence-electron chi connectivity index (χ4n) is 3.68. The van der Waals surface area contributed by atoms with E-state index in [1.807, 2.05) is 29.2 Å². The SMILES string of the molecule is COc1nc2ccccc2cc1-c1cnc(C2CCCCN2C(C)=O)[nH]1. The van der Waals surface area contributed by atoms with E-state index in [0.29, 0.717) is 5.88 Å². The lowest BCUT2D eigenvalue weighted by molar-refractivity contribution is -0.132. The highest BCUT2D eigenvalue weighted by Crippen LogP contribution is 2.34. The molecule has 6 nitrogen and oxygen atoms in total. The van der Waals surface area contributed by atoms with Gasteiger partial charge in [-0.1, -0.05) is 18.2 Å². The molecule has 1 aromatic carbocycles. The molecule has 3 aromatic rings. The molecule has 0 spiro atoms. The highest BCUT2D eigenvalue weighted by atomic mass is 16.5. The van der Waals surface area contributed by atoms with Gasteiger partial charge in [0.15, 0.2) is 0 Å². The molecule has 0 radical (unpaired) electrons. The molecule has 4 rings (SSSR count). The Hall–Kier alpha value is -2.89. The summed E-state index contributed by atoms with van der Waals surface area (Å²) in [7, 11) is 1.62. The number of methoxy groups -OCH3 is 1. The number of para-hydroxylation sites is 1. The number of carbonyl (C=O) groups excluding carboxylic acids is 1. The van der Waals surface area contributed by atoms with E-state index >= 15 is 0 Å². The number of carbonyl (C=O) groups is 1. The van der Waals surface area contributed by atoms with Gasteiger partial charge in [0.2, 0.25) is 11.8 Å². The quantitative estimate of drug-likeness (QED) is 0.782. The molecule has 0 bridgehead atoms. The fraction of sp³-hybridized carbons (Fsp3) is 0.350. The average molecular weight is 350 g/mol. The van der Waals surface area contributed by atoms with Gasteiger partial charge >= 0.3 is 0 Å². The van der Waals surface area contributed by atoms with E-state index in [9.17, 15) is 4.79 Å². The molecule has 1 saturated heterocycles. The molecule has 1 atom stereocenters. The topological polar surface area (TPSA) is 71.1 Å². The van der Waals surface area contributed by atoms with Crippen molar-refractivity contribution in [3.63, 3.8) is 0 Å². The molecule has 1 aliphatic rings. The molecule has 0 saturated carbocycles. The number of imidazole rings is 1. The summed E-state index contributed by atoms with van der Waals surface area (Å²) >= 11 is 0. The van der Waals surface area contributed by atoms with E-state index < -0.39 is 0 Å². The molecule has 1 aliphatic heterocycles. The van der Waals surface area contributed by atoms with Crippen molar-refractivity contribution in [2.75, 3.05) is 13.7 Å². The maximum Gasteiger partial charge on any atom is 0.223 e. The number of hydrogen-bond donors (Lipinski definition) is 1. The third-order valence-corrected chi connectivity index (χ3v) is 4.99. The van der Waals surface area contributed by atoms with Gasteiger partial charge in [-0.15, -0.1) is 0 Å². The normalized spacial score (nSPS) is 17.5. The Labute approximate surface area is 152 Å². The van der Waals surface area contributed by atoms with Crippen molar-refractivity contribution >= 4 is 16.8 Å². The molecular formula is C20H22N4O2. The van der Waals surface area contributed by atoms with Gasteiger partial charge in [-0.05, 0) is 31.4 Å². The zero-order valence-corrected chi connectivity index (χ0v) is 15.0. The average Bonchev–Trinajstić information content (AvgIpc) is 3.16. The molecule has 3 heterocycles. The Morgan fingerprint density at radius 2 is 2.15 bits per heavy atom. The van der Waals surface area contributed by atoms with Crippen LogP contribution in [0.5, 0.6) is 5.88 Å². The monoisotopic (exact) mass is 350 g/mol. The van der Waals surface area contributed by atoms with E-state index in [4.69, 9.17) is 4.74 Å². The van der Waals surface area contributed by atoms with Crippen molar-refractivity contribution < 1.29 is 9.53 Å². The van der Waals surface area contributed by atoms with Gasteiger partial charge in [-0.2, -0.15) is 0 Å². The molecule has 1 amide bonds.